The van der Waals surface area contributed by atoms with Crippen LogP contribution in [-0.2, 0) is 9.84 Å². The number of hydrogen-bond acceptors (Lipinski definition) is 3. The standard InChI is InChI=1S/C9H12N2O2S/c1-7(10)11-8-3-5-9(6-4-8)14(2,12)13/h3-6H,1-2H3,(H2,10,11). The second-order valence-electron chi connectivity index (χ2n) is 3.02. The van der Waals surface area contributed by atoms with Gasteiger partial charge in [0.15, 0.2) is 9.84 Å². The maximum Gasteiger partial charge on any atom is 0.175 e. The van der Waals surface area contributed by atoms with Gasteiger partial charge in [-0.05, 0) is 31.2 Å². The molecule has 0 saturated carbocycles. The first kappa shape index (κ1) is 10.7. The van der Waals surface area contributed by atoms with Crippen LogP contribution in [0.2, 0.25) is 0 Å². The lowest BCUT2D eigenvalue weighted by Gasteiger charge is -1.98. The predicted octanol–water partition coefficient (Wildman–Crippen LogP) is 1.10. The first-order valence-electron chi connectivity index (χ1n) is 4.00. The predicted molar refractivity (Wildman–Crippen MR) is 56.5 cm³/mol. The maximum absolute atomic E-state index is 11.1. The van der Waals surface area contributed by atoms with Crippen LogP contribution in [-0.4, -0.2) is 20.5 Å². The first-order chi connectivity index (χ1) is 6.39. The van der Waals surface area contributed by atoms with E-state index in [-0.39, 0.29) is 4.90 Å². The van der Waals surface area contributed by atoms with Crippen molar-refractivity contribution in [3.63, 3.8) is 0 Å². The van der Waals surface area contributed by atoms with E-state index in [1.165, 1.54) is 18.4 Å². The normalized spacial score (nSPS) is 12.9. The van der Waals surface area contributed by atoms with Crippen LogP contribution in [0.15, 0.2) is 34.2 Å². The van der Waals surface area contributed by atoms with Crippen molar-refractivity contribution in [2.24, 2.45) is 10.7 Å². The van der Waals surface area contributed by atoms with E-state index in [0.29, 0.717) is 11.5 Å². The van der Waals surface area contributed by atoms with E-state index in [9.17, 15) is 8.42 Å². The number of hydrogen-bond donors (Lipinski definition) is 1. The summed E-state index contributed by atoms with van der Waals surface area (Å²) in [5.74, 6) is 0.442. The van der Waals surface area contributed by atoms with Gasteiger partial charge in [-0.2, -0.15) is 0 Å². The average Bonchev–Trinajstić information content (AvgIpc) is 2.02. The van der Waals surface area contributed by atoms with Crippen molar-refractivity contribution in [1.82, 2.24) is 0 Å². The first-order valence-corrected chi connectivity index (χ1v) is 5.89. The summed E-state index contributed by atoms with van der Waals surface area (Å²) in [5, 5.41) is 0. The largest absolute Gasteiger partial charge is 0.387 e. The number of nitrogens with two attached hydrogens (primary N) is 1. The van der Waals surface area contributed by atoms with Crippen LogP contribution in [0.25, 0.3) is 0 Å². The van der Waals surface area contributed by atoms with Gasteiger partial charge in [-0.15, -0.1) is 0 Å². The summed E-state index contributed by atoms with van der Waals surface area (Å²) < 4.78 is 22.2. The molecule has 4 nitrogen and oxygen atoms in total. The second-order valence-corrected chi connectivity index (χ2v) is 5.03. The highest BCUT2D eigenvalue weighted by atomic mass is 32.2. The summed E-state index contributed by atoms with van der Waals surface area (Å²) in [5.41, 5.74) is 6.03. The van der Waals surface area contributed by atoms with E-state index in [2.05, 4.69) is 4.99 Å². The molecule has 0 fully saturated rings. The smallest absolute Gasteiger partial charge is 0.175 e. The van der Waals surface area contributed by atoms with Crippen molar-refractivity contribution in [2.75, 3.05) is 6.26 Å². The second kappa shape index (κ2) is 3.79. The van der Waals surface area contributed by atoms with Crippen molar-refractivity contribution >= 4 is 21.4 Å². The lowest BCUT2D eigenvalue weighted by atomic mass is 10.3. The molecule has 14 heavy (non-hydrogen) atoms. The molecule has 0 aliphatic rings. The summed E-state index contributed by atoms with van der Waals surface area (Å²) >= 11 is 0. The molecule has 76 valence electrons. The van der Waals surface area contributed by atoms with Crippen molar-refractivity contribution in [3.05, 3.63) is 24.3 Å². The molecule has 0 unspecified atom stereocenters. The summed E-state index contributed by atoms with van der Waals surface area (Å²) in [6.07, 6.45) is 1.17. The Morgan fingerprint density at radius 3 is 2.14 bits per heavy atom. The molecule has 0 heterocycles. The van der Waals surface area contributed by atoms with Gasteiger partial charge in [0.2, 0.25) is 0 Å². The van der Waals surface area contributed by atoms with Crippen LogP contribution in [0.1, 0.15) is 6.92 Å². The topological polar surface area (TPSA) is 72.5 Å². The van der Waals surface area contributed by atoms with Crippen LogP contribution < -0.4 is 5.73 Å². The zero-order chi connectivity index (χ0) is 10.8. The molecular formula is C9H12N2O2S. The van der Waals surface area contributed by atoms with Gasteiger partial charge in [0.25, 0.3) is 0 Å². The number of aliphatic imine (C=N–C) groups is 1. The highest BCUT2D eigenvalue weighted by Gasteiger charge is 2.05. The van der Waals surface area contributed by atoms with Crippen LogP contribution in [0.3, 0.4) is 0 Å². The Kier molecular flexibility index (Phi) is 2.90. The Balaban J connectivity index is 3.08. The van der Waals surface area contributed by atoms with Crippen LogP contribution in [0.4, 0.5) is 5.69 Å². The highest BCUT2D eigenvalue weighted by Crippen LogP contribution is 2.16. The third kappa shape index (κ3) is 2.85. The SMILES string of the molecule is CC(N)=Nc1ccc(S(C)(=O)=O)cc1. The van der Waals surface area contributed by atoms with Gasteiger partial charge < -0.3 is 5.73 Å². The monoisotopic (exact) mass is 212 g/mol. The van der Waals surface area contributed by atoms with Gasteiger partial charge in [-0.1, -0.05) is 0 Å². The Morgan fingerprint density at radius 1 is 1.29 bits per heavy atom. The number of nitrogens with zero attached hydrogens (tertiary/aromatic N) is 1. The summed E-state index contributed by atoms with van der Waals surface area (Å²) in [7, 11) is -3.13. The van der Waals surface area contributed by atoms with Gasteiger partial charge in [0.05, 0.1) is 16.4 Å². The van der Waals surface area contributed by atoms with E-state index >= 15 is 0 Å². The Hall–Kier alpha value is -1.36. The maximum atomic E-state index is 11.1. The van der Waals surface area contributed by atoms with Crippen molar-refractivity contribution in [1.29, 1.82) is 0 Å². The molecule has 1 aromatic rings. The zero-order valence-electron chi connectivity index (χ0n) is 8.06. The highest BCUT2D eigenvalue weighted by molar-refractivity contribution is 7.90. The number of amidine groups is 1. The summed E-state index contributed by atoms with van der Waals surface area (Å²) in [4.78, 5) is 4.27. The van der Waals surface area contributed by atoms with Crippen molar-refractivity contribution < 1.29 is 8.42 Å². The fraction of sp³-hybridized carbons (Fsp3) is 0.222. The molecule has 0 aliphatic carbocycles. The molecule has 0 saturated heterocycles. The Bertz CT molecular complexity index is 442. The molecule has 0 atom stereocenters. The van der Waals surface area contributed by atoms with Crippen LogP contribution >= 0.6 is 0 Å². The summed E-state index contributed by atoms with van der Waals surface area (Å²) in [6, 6.07) is 6.26. The quantitative estimate of drug-likeness (QED) is 0.589. The number of rotatable bonds is 2. The summed E-state index contributed by atoms with van der Waals surface area (Å²) in [6.45, 7) is 1.67. The minimum Gasteiger partial charge on any atom is -0.387 e. The fourth-order valence-electron chi connectivity index (χ4n) is 0.972. The molecule has 5 heteroatoms. The van der Waals surface area contributed by atoms with Crippen molar-refractivity contribution in [3.8, 4) is 0 Å². The Morgan fingerprint density at radius 2 is 1.79 bits per heavy atom. The third-order valence-corrected chi connectivity index (χ3v) is 2.70. The molecule has 1 rings (SSSR count). The molecule has 1 aromatic carbocycles. The van der Waals surface area contributed by atoms with Gasteiger partial charge in [-0.3, -0.25) is 0 Å². The van der Waals surface area contributed by atoms with Crippen LogP contribution in [0, 0.1) is 0 Å². The minimum absolute atomic E-state index is 0.283. The lowest BCUT2D eigenvalue weighted by Crippen LogP contribution is -2.03. The zero-order valence-corrected chi connectivity index (χ0v) is 8.88. The fourth-order valence-corrected chi connectivity index (χ4v) is 1.60. The van der Waals surface area contributed by atoms with E-state index in [1.807, 2.05) is 0 Å². The van der Waals surface area contributed by atoms with E-state index in [4.69, 9.17) is 5.73 Å². The lowest BCUT2D eigenvalue weighted by molar-refractivity contribution is 0.602. The molecule has 2 N–H and O–H groups in total. The van der Waals surface area contributed by atoms with Gasteiger partial charge in [0, 0.05) is 6.26 Å². The minimum atomic E-state index is -3.13. The van der Waals surface area contributed by atoms with Crippen LogP contribution in [0.5, 0.6) is 0 Å². The van der Waals surface area contributed by atoms with Gasteiger partial charge in [0.1, 0.15) is 0 Å². The molecule has 0 amide bonds. The number of sulfone groups is 1. The van der Waals surface area contributed by atoms with Gasteiger partial charge in [-0.25, -0.2) is 13.4 Å². The number of benzene rings is 1. The Labute approximate surface area is 83.4 Å². The third-order valence-electron chi connectivity index (χ3n) is 1.57. The van der Waals surface area contributed by atoms with E-state index in [1.54, 1.807) is 19.1 Å². The van der Waals surface area contributed by atoms with E-state index < -0.39 is 9.84 Å². The molecular weight excluding hydrogens is 200 g/mol. The molecule has 0 bridgehead atoms. The molecule has 0 spiro atoms. The molecule has 0 aliphatic heterocycles. The van der Waals surface area contributed by atoms with Crippen molar-refractivity contribution in [2.45, 2.75) is 11.8 Å². The van der Waals surface area contributed by atoms with Gasteiger partial charge >= 0.3 is 0 Å². The molecule has 0 radical (unpaired) electrons. The average molecular weight is 212 g/mol. The molecule has 0 aromatic heterocycles. The van der Waals surface area contributed by atoms with E-state index in [0.717, 1.165) is 0 Å².